The Kier molecular flexibility index (Phi) is 2.35. The molecule has 0 saturated carbocycles. The summed E-state index contributed by atoms with van der Waals surface area (Å²) < 4.78 is 1.02. The average Bonchev–Trinajstić information content (AvgIpc) is 2.84. The number of hydrogen-bond donors (Lipinski definition) is 1. The normalized spacial score (nSPS) is 11.1. The van der Waals surface area contributed by atoms with E-state index in [4.69, 9.17) is 17.3 Å². The van der Waals surface area contributed by atoms with E-state index in [1.807, 2.05) is 29.6 Å². The van der Waals surface area contributed by atoms with Crippen molar-refractivity contribution in [2.24, 2.45) is 0 Å². The van der Waals surface area contributed by atoms with Crippen molar-refractivity contribution in [2.75, 3.05) is 5.73 Å². The molecule has 0 amide bonds. The van der Waals surface area contributed by atoms with Crippen molar-refractivity contribution in [3.05, 3.63) is 34.7 Å². The summed E-state index contributed by atoms with van der Waals surface area (Å²) in [5.74, 6) is 0. The quantitative estimate of drug-likeness (QED) is 0.715. The van der Waals surface area contributed by atoms with E-state index in [-0.39, 0.29) is 0 Å². The first-order chi connectivity index (χ1) is 7.75. The fourth-order valence-corrected chi connectivity index (χ4v) is 3.69. The zero-order chi connectivity index (χ0) is 11.1. The number of rotatable bonds is 1. The highest BCUT2D eigenvalue weighted by molar-refractivity contribution is 7.25. The molecule has 16 heavy (non-hydrogen) atoms. The van der Waals surface area contributed by atoms with Crippen molar-refractivity contribution in [1.82, 2.24) is 4.98 Å². The maximum atomic E-state index is 6.11. The van der Waals surface area contributed by atoms with Crippen LogP contribution in [0.3, 0.4) is 0 Å². The van der Waals surface area contributed by atoms with Crippen LogP contribution >= 0.6 is 34.3 Å². The second-order valence-corrected chi connectivity index (χ2v) is 5.63. The van der Waals surface area contributed by atoms with Crippen molar-refractivity contribution < 1.29 is 0 Å². The molecule has 2 nitrogen and oxygen atoms in total. The minimum Gasteiger partial charge on any atom is -0.397 e. The minimum absolute atomic E-state index is 0.747. The standard InChI is InChI=1S/C11H7ClN2S2/c12-6-2-1-3-8-9(6)16-11(14-8)10-7(13)4-5-15-10/h1-5H,13H2. The molecule has 0 bridgehead atoms. The van der Waals surface area contributed by atoms with Gasteiger partial charge in [-0.3, -0.25) is 0 Å². The molecule has 0 fully saturated rings. The van der Waals surface area contributed by atoms with Crippen LogP contribution < -0.4 is 5.73 Å². The third-order valence-corrected chi connectivity index (χ3v) is 4.87. The van der Waals surface area contributed by atoms with E-state index in [1.54, 1.807) is 22.7 Å². The summed E-state index contributed by atoms with van der Waals surface area (Å²) in [6.45, 7) is 0. The van der Waals surface area contributed by atoms with Crippen LogP contribution in [0.1, 0.15) is 0 Å². The molecule has 1 aromatic carbocycles. The van der Waals surface area contributed by atoms with Crippen LogP contribution in [0.4, 0.5) is 5.69 Å². The van der Waals surface area contributed by atoms with E-state index in [0.29, 0.717) is 0 Å². The van der Waals surface area contributed by atoms with Gasteiger partial charge >= 0.3 is 0 Å². The van der Waals surface area contributed by atoms with Gasteiger partial charge in [0, 0.05) is 0 Å². The van der Waals surface area contributed by atoms with Crippen LogP contribution in [0, 0.1) is 0 Å². The van der Waals surface area contributed by atoms with Crippen molar-refractivity contribution in [2.45, 2.75) is 0 Å². The van der Waals surface area contributed by atoms with Gasteiger partial charge in [-0.2, -0.15) is 0 Å². The Labute approximate surface area is 105 Å². The number of hydrogen-bond acceptors (Lipinski definition) is 4. The van der Waals surface area contributed by atoms with Crippen LogP contribution in [-0.2, 0) is 0 Å². The molecule has 0 radical (unpaired) electrons. The van der Waals surface area contributed by atoms with E-state index in [9.17, 15) is 0 Å². The average molecular weight is 267 g/mol. The third-order valence-electron chi connectivity index (χ3n) is 2.26. The number of nitrogen functional groups attached to an aromatic ring is 1. The molecule has 3 aromatic rings. The fraction of sp³-hybridized carbons (Fsp3) is 0. The van der Waals surface area contributed by atoms with Crippen molar-refractivity contribution in [1.29, 1.82) is 0 Å². The van der Waals surface area contributed by atoms with E-state index in [0.717, 1.165) is 30.8 Å². The summed E-state index contributed by atoms with van der Waals surface area (Å²) in [4.78, 5) is 5.57. The number of thiazole rings is 1. The Balaban J connectivity index is 2.27. The third kappa shape index (κ3) is 1.50. The number of halogens is 1. The lowest BCUT2D eigenvalue weighted by Gasteiger charge is -1.90. The molecule has 3 rings (SSSR count). The molecule has 2 heterocycles. The van der Waals surface area contributed by atoms with Gasteiger partial charge in [0.2, 0.25) is 0 Å². The van der Waals surface area contributed by atoms with Gasteiger partial charge in [-0.1, -0.05) is 17.7 Å². The van der Waals surface area contributed by atoms with Crippen LogP contribution in [0.15, 0.2) is 29.6 Å². The number of thiophene rings is 1. The number of benzene rings is 1. The Morgan fingerprint density at radius 3 is 2.81 bits per heavy atom. The molecule has 0 atom stereocenters. The fourth-order valence-electron chi connectivity index (χ4n) is 1.51. The highest BCUT2D eigenvalue weighted by Gasteiger charge is 2.11. The molecule has 0 aliphatic rings. The Morgan fingerprint density at radius 2 is 2.12 bits per heavy atom. The maximum Gasteiger partial charge on any atom is 0.136 e. The van der Waals surface area contributed by atoms with E-state index < -0.39 is 0 Å². The number of nitrogens with zero attached hydrogens (tertiary/aromatic N) is 1. The van der Waals surface area contributed by atoms with Gasteiger partial charge < -0.3 is 5.73 Å². The van der Waals surface area contributed by atoms with Crippen molar-refractivity contribution in [3.63, 3.8) is 0 Å². The molecule has 2 aromatic heterocycles. The maximum absolute atomic E-state index is 6.11. The monoisotopic (exact) mass is 266 g/mol. The molecule has 5 heteroatoms. The smallest absolute Gasteiger partial charge is 0.136 e. The minimum atomic E-state index is 0.747. The molecular weight excluding hydrogens is 260 g/mol. The molecule has 0 aliphatic carbocycles. The molecule has 80 valence electrons. The zero-order valence-electron chi connectivity index (χ0n) is 8.11. The van der Waals surface area contributed by atoms with Gasteiger partial charge in [-0.15, -0.1) is 22.7 Å². The lowest BCUT2D eigenvalue weighted by atomic mass is 10.3. The Morgan fingerprint density at radius 1 is 1.25 bits per heavy atom. The van der Waals surface area contributed by atoms with Crippen molar-refractivity contribution >= 4 is 50.2 Å². The van der Waals surface area contributed by atoms with Crippen LogP contribution in [0.5, 0.6) is 0 Å². The topological polar surface area (TPSA) is 38.9 Å². The summed E-state index contributed by atoms with van der Waals surface area (Å²) in [5, 5.41) is 3.66. The summed E-state index contributed by atoms with van der Waals surface area (Å²) in [5.41, 5.74) is 7.59. The lowest BCUT2D eigenvalue weighted by molar-refractivity contribution is 1.50. The summed E-state index contributed by atoms with van der Waals surface area (Å²) in [7, 11) is 0. The summed E-state index contributed by atoms with van der Waals surface area (Å²) in [6, 6.07) is 7.65. The van der Waals surface area contributed by atoms with E-state index in [1.165, 1.54) is 0 Å². The molecular formula is C11H7ClN2S2. The Hall–Kier alpha value is -1.10. The lowest BCUT2D eigenvalue weighted by Crippen LogP contribution is -1.82. The molecule has 0 saturated heterocycles. The molecule has 0 spiro atoms. The van der Waals surface area contributed by atoms with Gasteiger partial charge in [0.1, 0.15) is 5.01 Å². The van der Waals surface area contributed by atoms with E-state index in [2.05, 4.69) is 4.98 Å². The number of fused-ring (bicyclic) bond motifs is 1. The van der Waals surface area contributed by atoms with E-state index >= 15 is 0 Å². The number of anilines is 1. The highest BCUT2D eigenvalue weighted by Crippen LogP contribution is 2.38. The first-order valence-electron chi connectivity index (χ1n) is 4.64. The van der Waals surface area contributed by atoms with Gasteiger partial charge in [0.05, 0.1) is 25.8 Å². The largest absolute Gasteiger partial charge is 0.397 e. The zero-order valence-corrected chi connectivity index (χ0v) is 10.5. The number of nitrogens with two attached hydrogens (primary N) is 1. The van der Waals surface area contributed by atoms with Crippen LogP contribution in [-0.4, -0.2) is 4.98 Å². The number of aromatic nitrogens is 1. The summed E-state index contributed by atoms with van der Waals surface area (Å²) >= 11 is 9.30. The Bertz CT molecular complexity index is 657. The summed E-state index contributed by atoms with van der Waals surface area (Å²) in [6.07, 6.45) is 0. The first-order valence-corrected chi connectivity index (χ1v) is 6.71. The first kappa shape index (κ1) is 10.1. The molecule has 0 unspecified atom stereocenters. The van der Waals surface area contributed by atoms with Crippen LogP contribution in [0.25, 0.3) is 20.1 Å². The van der Waals surface area contributed by atoms with Gasteiger partial charge in [-0.25, -0.2) is 4.98 Å². The van der Waals surface area contributed by atoms with Gasteiger partial charge in [0.25, 0.3) is 0 Å². The predicted octanol–water partition coefficient (Wildman–Crippen LogP) is 4.26. The van der Waals surface area contributed by atoms with Crippen molar-refractivity contribution in [3.8, 4) is 9.88 Å². The predicted molar refractivity (Wildman–Crippen MR) is 72.4 cm³/mol. The molecule has 2 N–H and O–H groups in total. The molecule has 0 aliphatic heterocycles. The van der Waals surface area contributed by atoms with Gasteiger partial charge in [-0.05, 0) is 23.6 Å². The van der Waals surface area contributed by atoms with Gasteiger partial charge in [0.15, 0.2) is 0 Å². The second-order valence-electron chi connectivity index (χ2n) is 3.31. The highest BCUT2D eigenvalue weighted by atomic mass is 35.5. The second kappa shape index (κ2) is 3.73. The SMILES string of the molecule is Nc1ccsc1-c1nc2cccc(Cl)c2s1. The van der Waals surface area contributed by atoms with Crippen LogP contribution in [0.2, 0.25) is 5.02 Å².